The van der Waals surface area contributed by atoms with Crippen LogP contribution >= 0.6 is 0 Å². The number of furan rings is 1. The van der Waals surface area contributed by atoms with E-state index in [1.54, 1.807) is 41.8 Å². The van der Waals surface area contributed by atoms with Crippen molar-refractivity contribution < 1.29 is 36.2 Å². The van der Waals surface area contributed by atoms with Gasteiger partial charge in [0.2, 0.25) is 21.8 Å². The molecule has 44 heavy (non-hydrogen) atoms. The Kier molecular flexibility index (Phi) is 8.33. The second kappa shape index (κ2) is 11.7. The highest BCUT2D eigenvalue weighted by atomic mass is 32.2. The Labute approximate surface area is 256 Å². The molecular weight excluding hydrogens is 608 g/mol. The summed E-state index contributed by atoms with van der Waals surface area (Å²) in [5, 5.41) is 7.56. The topological polar surface area (TPSA) is 126 Å². The highest BCUT2D eigenvalue weighted by molar-refractivity contribution is 7.93. The van der Waals surface area contributed by atoms with E-state index in [9.17, 15) is 17.6 Å². The predicted octanol–water partition coefficient (Wildman–Crippen LogP) is 5.77. The average molecular weight is 643 g/mol. The monoisotopic (exact) mass is 642 g/mol. The largest absolute Gasteiger partial charge is 0.494 e. The fourth-order valence-electron chi connectivity index (χ4n) is 5.09. The number of benzene rings is 2. The standard InChI is InChI=1S/C30H35FN4O7SSi/c1-18-11-14-25(41-18)28-32-33-30(35(28)26-23(39-3)9-8-10-24(26)40-4)34(15-16-44(5,6)7)43(37,38)19(2)27-21-13-12-20(31)17-22(21)29(36)42-27/h8-14,17,19,27H,15-16H2,1-7H3/t19-,27?/m1/s1. The summed E-state index contributed by atoms with van der Waals surface area (Å²) in [7, 11) is -3.15. The molecule has 2 atom stereocenters. The molecular formula is C30H35FN4O7SSi. The zero-order valence-electron chi connectivity index (χ0n) is 25.6. The maximum absolute atomic E-state index is 14.7. The van der Waals surface area contributed by atoms with Crippen LogP contribution in [0.1, 0.15) is 34.7 Å². The molecule has 0 radical (unpaired) electrons. The lowest BCUT2D eigenvalue weighted by Gasteiger charge is -2.31. The number of carbonyl (C=O) groups is 1. The van der Waals surface area contributed by atoms with Gasteiger partial charge in [-0.05, 0) is 56.3 Å². The second-order valence-corrected chi connectivity index (χ2v) is 19.6. The maximum atomic E-state index is 14.7. The Morgan fingerprint density at radius 1 is 1.07 bits per heavy atom. The summed E-state index contributed by atoms with van der Waals surface area (Å²) in [5.41, 5.74) is 0.677. The molecule has 0 fully saturated rings. The second-order valence-electron chi connectivity index (χ2n) is 11.8. The number of fused-ring (bicyclic) bond motifs is 1. The number of halogens is 1. The number of para-hydroxylation sites is 1. The smallest absolute Gasteiger partial charge is 0.339 e. The number of aryl methyl sites for hydroxylation is 1. The first kappa shape index (κ1) is 31.3. The lowest BCUT2D eigenvalue weighted by Crippen LogP contribution is -2.44. The van der Waals surface area contributed by atoms with E-state index < -0.39 is 41.2 Å². The number of esters is 1. The maximum Gasteiger partial charge on any atom is 0.339 e. The Morgan fingerprint density at radius 3 is 2.34 bits per heavy atom. The van der Waals surface area contributed by atoms with E-state index in [1.807, 2.05) is 0 Å². The van der Waals surface area contributed by atoms with Crippen molar-refractivity contribution >= 4 is 30.0 Å². The highest BCUT2D eigenvalue weighted by Crippen LogP contribution is 2.42. The Hall–Kier alpha value is -4.17. The summed E-state index contributed by atoms with van der Waals surface area (Å²) in [6.07, 6.45) is -1.16. The molecule has 0 bridgehead atoms. The molecule has 11 nitrogen and oxygen atoms in total. The lowest BCUT2D eigenvalue weighted by molar-refractivity contribution is 0.0385. The van der Waals surface area contributed by atoms with Crippen molar-refractivity contribution in [2.24, 2.45) is 0 Å². The first-order valence-corrected chi connectivity index (χ1v) is 19.2. The van der Waals surface area contributed by atoms with Gasteiger partial charge < -0.3 is 18.6 Å². The number of anilines is 1. The Balaban J connectivity index is 1.73. The van der Waals surface area contributed by atoms with Gasteiger partial charge in [0.1, 0.15) is 40.1 Å². The van der Waals surface area contributed by atoms with E-state index in [1.165, 1.54) is 37.6 Å². The number of hydrogen-bond acceptors (Lipinski definition) is 9. The molecule has 0 N–H and O–H groups in total. The number of hydrogen-bond donors (Lipinski definition) is 0. The first-order valence-electron chi connectivity index (χ1n) is 14.0. The normalized spacial score (nSPS) is 15.5. The van der Waals surface area contributed by atoms with Gasteiger partial charge in [-0.2, -0.15) is 0 Å². The molecule has 2 aromatic carbocycles. The Morgan fingerprint density at radius 2 is 1.75 bits per heavy atom. The van der Waals surface area contributed by atoms with E-state index in [0.717, 1.165) is 6.07 Å². The third-order valence-corrected chi connectivity index (χ3v) is 11.4. The van der Waals surface area contributed by atoms with Gasteiger partial charge in [0.25, 0.3) is 0 Å². The first-order chi connectivity index (χ1) is 20.8. The van der Waals surface area contributed by atoms with E-state index in [0.29, 0.717) is 40.3 Å². The van der Waals surface area contributed by atoms with Crippen LogP contribution in [0, 0.1) is 12.7 Å². The summed E-state index contributed by atoms with van der Waals surface area (Å²) >= 11 is 0. The fraction of sp³-hybridized carbons (Fsp3) is 0.367. The third-order valence-electron chi connectivity index (χ3n) is 7.50. The molecule has 2 aromatic heterocycles. The van der Waals surface area contributed by atoms with Crippen molar-refractivity contribution in [3.8, 4) is 28.8 Å². The van der Waals surface area contributed by atoms with Crippen molar-refractivity contribution in [2.75, 3.05) is 25.1 Å². The van der Waals surface area contributed by atoms with Gasteiger partial charge in [-0.1, -0.05) is 31.8 Å². The number of ether oxygens (including phenoxy) is 3. The van der Waals surface area contributed by atoms with Gasteiger partial charge in [0.05, 0.1) is 19.8 Å². The van der Waals surface area contributed by atoms with Gasteiger partial charge in [-0.25, -0.2) is 21.9 Å². The minimum Gasteiger partial charge on any atom is -0.494 e. The number of cyclic esters (lactones) is 1. The summed E-state index contributed by atoms with van der Waals surface area (Å²) in [6, 6.07) is 12.9. The van der Waals surface area contributed by atoms with Gasteiger partial charge in [-0.3, -0.25) is 4.57 Å². The van der Waals surface area contributed by atoms with Crippen molar-refractivity contribution in [3.63, 3.8) is 0 Å². The zero-order chi connectivity index (χ0) is 32.0. The third kappa shape index (κ3) is 5.71. The van der Waals surface area contributed by atoms with Gasteiger partial charge in [-0.15, -0.1) is 10.2 Å². The van der Waals surface area contributed by atoms with Crippen LogP contribution in [-0.2, 0) is 14.8 Å². The number of carbonyl (C=O) groups excluding carboxylic acids is 1. The zero-order valence-corrected chi connectivity index (χ0v) is 27.4. The van der Waals surface area contributed by atoms with Crippen LogP contribution in [0.25, 0.3) is 17.3 Å². The van der Waals surface area contributed by atoms with E-state index in [4.69, 9.17) is 18.6 Å². The molecule has 3 heterocycles. The molecule has 234 valence electrons. The van der Waals surface area contributed by atoms with Crippen LogP contribution in [0.3, 0.4) is 0 Å². The molecule has 1 unspecified atom stereocenters. The molecule has 1 aliphatic rings. The van der Waals surface area contributed by atoms with E-state index in [2.05, 4.69) is 29.8 Å². The molecule has 0 saturated carbocycles. The van der Waals surface area contributed by atoms with E-state index >= 15 is 0 Å². The SMILES string of the molecule is COc1cccc(OC)c1-n1c(-c2ccc(C)o2)nnc1N(CC[Si](C)(C)C)S(=O)(=O)[C@H](C)C1OC(=O)c2cc(F)ccc21. The van der Waals surface area contributed by atoms with Crippen LogP contribution in [0.2, 0.25) is 25.7 Å². The summed E-state index contributed by atoms with van der Waals surface area (Å²) < 4.78 is 68.9. The summed E-state index contributed by atoms with van der Waals surface area (Å²) in [6.45, 7) is 9.73. The minimum atomic E-state index is -4.32. The van der Waals surface area contributed by atoms with Gasteiger partial charge in [0, 0.05) is 20.2 Å². The average Bonchev–Trinajstić information content (AvgIpc) is 3.68. The number of sulfonamides is 1. The molecule has 5 rings (SSSR count). The van der Waals surface area contributed by atoms with Crippen molar-refractivity contribution in [2.45, 2.75) is 50.9 Å². The van der Waals surface area contributed by atoms with Crippen molar-refractivity contribution in [1.82, 2.24) is 14.8 Å². The van der Waals surface area contributed by atoms with E-state index in [-0.39, 0.29) is 23.9 Å². The van der Waals surface area contributed by atoms with Gasteiger partial charge >= 0.3 is 5.97 Å². The molecule has 0 aliphatic carbocycles. The van der Waals surface area contributed by atoms with Gasteiger partial charge in [0.15, 0.2) is 5.76 Å². The molecule has 0 amide bonds. The fourth-order valence-corrected chi connectivity index (χ4v) is 7.75. The summed E-state index contributed by atoms with van der Waals surface area (Å²) in [4.78, 5) is 12.6. The number of nitrogens with zero attached hydrogens (tertiary/aromatic N) is 4. The highest BCUT2D eigenvalue weighted by Gasteiger charge is 2.45. The Bertz CT molecular complexity index is 1790. The van der Waals surface area contributed by atoms with Crippen LogP contribution < -0.4 is 13.8 Å². The van der Waals surface area contributed by atoms with Crippen LogP contribution in [0.15, 0.2) is 52.9 Å². The molecule has 4 aromatic rings. The molecule has 0 saturated heterocycles. The number of methoxy groups -OCH3 is 2. The molecule has 1 aliphatic heterocycles. The number of aromatic nitrogens is 3. The molecule has 0 spiro atoms. The van der Waals surface area contributed by atoms with Crippen LogP contribution in [0.5, 0.6) is 11.5 Å². The van der Waals surface area contributed by atoms with Crippen molar-refractivity contribution in [1.29, 1.82) is 0 Å². The minimum absolute atomic E-state index is 0.00287. The van der Waals surface area contributed by atoms with Crippen LogP contribution in [0.4, 0.5) is 10.3 Å². The summed E-state index contributed by atoms with van der Waals surface area (Å²) in [5.74, 6) is 0.544. The van der Waals surface area contributed by atoms with Crippen molar-refractivity contribution in [3.05, 3.63) is 71.2 Å². The molecule has 14 heteroatoms. The van der Waals surface area contributed by atoms with Crippen LogP contribution in [-0.4, -0.2) is 63.2 Å². The predicted molar refractivity (Wildman–Crippen MR) is 165 cm³/mol. The number of rotatable bonds is 11. The quantitative estimate of drug-likeness (QED) is 0.148. The lowest BCUT2D eigenvalue weighted by atomic mass is 10.0.